The fourth-order valence-electron chi connectivity index (χ4n) is 1.76. The third-order valence-corrected chi connectivity index (χ3v) is 4.17. The Bertz CT molecular complexity index is 790. The van der Waals surface area contributed by atoms with Crippen molar-refractivity contribution in [2.24, 2.45) is 10.9 Å². The van der Waals surface area contributed by atoms with E-state index < -0.39 is 10.0 Å². The van der Waals surface area contributed by atoms with Gasteiger partial charge in [-0.2, -0.15) is 0 Å². The van der Waals surface area contributed by atoms with Crippen molar-refractivity contribution >= 4 is 50.2 Å². The van der Waals surface area contributed by atoms with Crippen molar-refractivity contribution in [3.8, 4) is 0 Å². The lowest BCUT2D eigenvalue weighted by Gasteiger charge is -2.12. The van der Waals surface area contributed by atoms with Crippen LogP contribution in [0.2, 0.25) is 5.02 Å². The highest BCUT2D eigenvalue weighted by molar-refractivity contribution is 7.89. The topological polar surface area (TPSA) is 98.2 Å². The van der Waals surface area contributed by atoms with Crippen molar-refractivity contribution in [2.45, 2.75) is 4.90 Å². The lowest BCUT2D eigenvalue weighted by atomic mass is 10.1. The van der Waals surface area contributed by atoms with E-state index >= 15 is 0 Å². The summed E-state index contributed by atoms with van der Waals surface area (Å²) in [6.45, 7) is 0. The number of nitrogens with one attached hydrogen (secondary N) is 1. The van der Waals surface area contributed by atoms with E-state index in [1.165, 1.54) is 12.1 Å². The molecule has 0 heterocycles. The van der Waals surface area contributed by atoms with E-state index in [0.29, 0.717) is 22.0 Å². The molecule has 5 N–H and O–H groups in total. The largest absolute Gasteiger partial charge is 0.389 e. The Morgan fingerprint density at radius 3 is 2.29 bits per heavy atom. The molecule has 0 atom stereocenters. The summed E-state index contributed by atoms with van der Waals surface area (Å²) < 4.78 is 22.4. The van der Waals surface area contributed by atoms with E-state index in [1.54, 1.807) is 30.3 Å². The minimum absolute atomic E-state index is 0.0358. The quantitative estimate of drug-likeness (QED) is 0.741. The van der Waals surface area contributed by atoms with Crippen LogP contribution >= 0.6 is 23.8 Å². The molecule has 2 rings (SSSR count). The third-order valence-electron chi connectivity index (χ3n) is 2.72. The standard InChI is InChI=1S/C13H12ClN3O2S2/c14-10-2-1-3-11(12(10)13(15)20)17-8-4-6-9(7-5-8)21(16,18)19/h1-7,17H,(H2,15,20)(H2,16,18,19). The van der Waals surface area contributed by atoms with Crippen molar-refractivity contribution in [3.63, 3.8) is 0 Å². The van der Waals surface area contributed by atoms with Crippen LogP contribution in [-0.4, -0.2) is 13.4 Å². The predicted octanol–water partition coefficient (Wildman–Crippen LogP) is 2.37. The Morgan fingerprint density at radius 1 is 1.14 bits per heavy atom. The van der Waals surface area contributed by atoms with Crippen LogP contribution in [0.5, 0.6) is 0 Å². The zero-order valence-corrected chi connectivity index (χ0v) is 13.1. The molecule has 0 amide bonds. The highest BCUT2D eigenvalue weighted by Gasteiger charge is 2.11. The molecule has 0 saturated heterocycles. The summed E-state index contributed by atoms with van der Waals surface area (Å²) in [6.07, 6.45) is 0. The van der Waals surface area contributed by atoms with Gasteiger partial charge in [-0.3, -0.25) is 0 Å². The summed E-state index contributed by atoms with van der Waals surface area (Å²) in [7, 11) is -3.71. The number of halogens is 1. The average Bonchev–Trinajstić information content (AvgIpc) is 2.38. The highest BCUT2D eigenvalue weighted by Crippen LogP contribution is 2.27. The molecule has 2 aromatic carbocycles. The summed E-state index contributed by atoms with van der Waals surface area (Å²) in [5, 5.41) is 8.57. The van der Waals surface area contributed by atoms with Crippen LogP contribution in [0.4, 0.5) is 11.4 Å². The molecule has 0 bridgehead atoms. The number of thiocarbonyl (C=S) groups is 1. The van der Waals surface area contributed by atoms with Crippen LogP contribution in [0.15, 0.2) is 47.4 Å². The molecule has 0 aliphatic carbocycles. The molecule has 2 aromatic rings. The molecule has 21 heavy (non-hydrogen) atoms. The molecule has 0 saturated carbocycles. The first-order chi connectivity index (χ1) is 9.79. The van der Waals surface area contributed by atoms with Crippen LogP contribution in [0.1, 0.15) is 5.56 Å². The van der Waals surface area contributed by atoms with Gasteiger partial charge in [0.15, 0.2) is 0 Å². The normalized spacial score (nSPS) is 11.1. The molecule has 0 fully saturated rings. The van der Waals surface area contributed by atoms with E-state index in [4.69, 9.17) is 34.7 Å². The smallest absolute Gasteiger partial charge is 0.238 e. The van der Waals surface area contributed by atoms with E-state index in [2.05, 4.69) is 5.32 Å². The molecule has 0 aromatic heterocycles. The van der Waals surface area contributed by atoms with Gasteiger partial charge in [-0.15, -0.1) is 0 Å². The molecule has 8 heteroatoms. The fourth-order valence-corrected chi connectivity index (χ4v) is 2.83. The van der Waals surface area contributed by atoms with Gasteiger partial charge in [-0.25, -0.2) is 13.6 Å². The zero-order valence-electron chi connectivity index (χ0n) is 10.7. The number of hydrogen-bond acceptors (Lipinski definition) is 4. The monoisotopic (exact) mass is 341 g/mol. The summed E-state index contributed by atoms with van der Waals surface area (Å²) in [6, 6.07) is 11.2. The Morgan fingerprint density at radius 2 is 1.76 bits per heavy atom. The van der Waals surface area contributed by atoms with Crippen LogP contribution in [-0.2, 0) is 10.0 Å². The number of rotatable bonds is 4. The van der Waals surface area contributed by atoms with Crippen LogP contribution < -0.4 is 16.2 Å². The number of sulfonamides is 1. The van der Waals surface area contributed by atoms with E-state index in [1.807, 2.05) is 0 Å². The highest BCUT2D eigenvalue weighted by atomic mass is 35.5. The summed E-state index contributed by atoms with van der Waals surface area (Å²) in [5.41, 5.74) is 7.49. The van der Waals surface area contributed by atoms with E-state index in [-0.39, 0.29) is 9.88 Å². The zero-order chi connectivity index (χ0) is 15.6. The number of nitrogens with two attached hydrogens (primary N) is 2. The Labute approximate surface area is 133 Å². The predicted molar refractivity (Wildman–Crippen MR) is 88.4 cm³/mol. The van der Waals surface area contributed by atoms with Gasteiger partial charge >= 0.3 is 0 Å². The van der Waals surface area contributed by atoms with Gasteiger partial charge in [0, 0.05) is 5.69 Å². The molecule has 0 aliphatic heterocycles. The van der Waals surface area contributed by atoms with Crippen molar-refractivity contribution in [3.05, 3.63) is 53.1 Å². The van der Waals surface area contributed by atoms with E-state index in [0.717, 1.165) is 0 Å². The maximum Gasteiger partial charge on any atom is 0.238 e. The van der Waals surface area contributed by atoms with Gasteiger partial charge in [0.25, 0.3) is 0 Å². The molecule has 0 radical (unpaired) electrons. The first-order valence-electron chi connectivity index (χ1n) is 5.77. The first kappa shape index (κ1) is 15.7. The van der Waals surface area contributed by atoms with E-state index in [9.17, 15) is 8.42 Å². The summed E-state index contributed by atoms with van der Waals surface area (Å²) >= 11 is 11.1. The number of primary sulfonamides is 1. The molecule has 0 aliphatic rings. The van der Waals surface area contributed by atoms with Gasteiger partial charge in [0.1, 0.15) is 4.99 Å². The SMILES string of the molecule is NC(=S)c1c(Cl)cccc1Nc1ccc(S(N)(=O)=O)cc1. The lowest BCUT2D eigenvalue weighted by molar-refractivity contribution is 0.598. The number of hydrogen-bond donors (Lipinski definition) is 3. The maximum atomic E-state index is 11.2. The van der Waals surface area contributed by atoms with Crippen molar-refractivity contribution in [2.75, 3.05) is 5.32 Å². The molecular weight excluding hydrogens is 330 g/mol. The number of anilines is 2. The molecule has 110 valence electrons. The summed E-state index contributed by atoms with van der Waals surface area (Å²) in [5.74, 6) is 0. The molecular formula is C13H12ClN3O2S2. The second kappa shape index (κ2) is 5.98. The second-order valence-corrected chi connectivity index (χ2v) is 6.63. The number of benzene rings is 2. The average molecular weight is 342 g/mol. The Hall–Kier alpha value is -1.67. The van der Waals surface area contributed by atoms with Gasteiger partial charge in [-0.1, -0.05) is 29.9 Å². The van der Waals surface area contributed by atoms with Gasteiger partial charge in [-0.05, 0) is 36.4 Å². The minimum Gasteiger partial charge on any atom is -0.389 e. The van der Waals surface area contributed by atoms with Crippen LogP contribution in [0, 0.1) is 0 Å². The van der Waals surface area contributed by atoms with Gasteiger partial charge in [0.2, 0.25) is 10.0 Å². The van der Waals surface area contributed by atoms with Crippen molar-refractivity contribution < 1.29 is 8.42 Å². The van der Waals surface area contributed by atoms with Crippen LogP contribution in [0.3, 0.4) is 0 Å². The first-order valence-corrected chi connectivity index (χ1v) is 8.10. The van der Waals surface area contributed by atoms with Crippen molar-refractivity contribution in [1.29, 1.82) is 0 Å². The lowest BCUT2D eigenvalue weighted by Crippen LogP contribution is -2.13. The van der Waals surface area contributed by atoms with Gasteiger partial charge < -0.3 is 11.1 Å². The second-order valence-electron chi connectivity index (χ2n) is 4.22. The third kappa shape index (κ3) is 3.70. The Balaban J connectivity index is 2.35. The summed E-state index contributed by atoms with van der Waals surface area (Å²) in [4.78, 5) is 0.206. The fraction of sp³-hybridized carbons (Fsp3) is 0. The van der Waals surface area contributed by atoms with Gasteiger partial charge in [0.05, 0.1) is 21.2 Å². The minimum atomic E-state index is -3.71. The maximum absolute atomic E-state index is 11.2. The van der Waals surface area contributed by atoms with Crippen molar-refractivity contribution in [1.82, 2.24) is 0 Å². The molecule has 0 unspecified atom stereocenters. The Kier molecular flexibility index (Phi) is 4.48. The molecule has 5 nitrogen and oxygen atoms in total. The van der Waals surface area contributed by atoms with Crippen LogP contribution in [0.25, 0.3) is 0 Å². The molecule has 0 spiro atoms.